The topological polar surface area (TPSA) is 320 Å². The molecule has 0 heterocycles. The van der Waals surface area contributed by atoms with Gasteiger partial charge in [0.25, 0.3) is 0 Å². The summed E-state index contributed by atoms with van der Waals surface area (Å²) in [6, 6.07) is 0. The minimum atomic E-state index is -5.61. The van der Waals surface area contributed by atoms with Crippen molar-refractivity contribution in [1.82, 2.24) is 0 Å². The number of hydrogen-bond donors (Lipinski definition) is 8. The van der Waals surface area contributed by atoms with Crippen LogP contribution in [-0.4, -0.2) is 119 Å². The summed E-state index contributed by atoms with van der Waals surface area (Å²) < 4.78 is 65.3. The highest BCUT2D eigenvalue weighted by molar-refractivity contribution is 8.13. The van der Waals surface area contributed by atoms with Crippen molar-refractivity contribution in [3.8, 4) is 0 Å². The SMILES string of the molecule is CCCCCCCCCCCCCCCC(=O)O[C@@H](COP(=O)(O)OC1C(O)[C@H](OP(=O)(O)O)C(OP(=O)(O)O)[C@H](O)[C@@H]1O)CC(=O)OCCCCCCCCCCSC(=O)CCC. The minimum absolute atomic E-state index is 0.0225. The summed E-state index contributed by atoms with van der Waals surface area (Å²) in [4.78, 5) is 84.9. The van der Waals surface area contributed by atoms with Crippen molar-refractivity contribution in [3.63, 3.8) is 0 Å². The van der Waals surface area contributed by atoms with Gasteiger partial charge < -0.3 is 49.3 Å². The lowest BCUT2D eigenvalue weighted by atomic mass is 9.85. The van der Waals surface area contributed by atoms with Crippen LogP contribution in [0.15, 0.2) is 0 Å². The lowest BCUT2D eigenvalue weighted by Gasteiger charge is -2.44. The van der Waals surface area contributed by atoms with Gasteiger partial charge in [0.2, 0.25) is 0 Å². The number of phosphoric ester groups is 3. The van der Waals surface area contributed by atoms with Crippen LogP contribution in [0.3, 0.4) is 0 Å². The highest BCUT2D eigenvalue weighted by Gasteiger charge is 2.56. The van der Waals surface area contributed by atoms with Crippen LogP contribution >= 0.6 is 35.2 Å². The molecule has 0 aromatic heterocycles. The van der Waals surface area contributed by atoms with E-state index in [9.17, 15) is 67.9 Å². The number of esters is 2. The molecule has 0 radical (unpaired) electrons. The summed E-state index contributed by atoms with van der Waals surface area (Å²) in [6.07, 6.45) is 5.96. The van der Waals surface area contributed by atoms with Gasteiger partial charge in [0.15, 0.2) is 5.12 Å². The smallest absolute Gasteiger partial charge is 0.466 e. The minimum Gasteiger partial charge on any atom is -0.466 e. The molecule has 24 heteroatoms. The van der Waals surface area contributed by atoms with E-state index in [-0.39, 0.29) is 18.1 Å². The third kappa shape index (κ3) is 30.5. The summed E-state index contributed by atoms with van der Waals surface area (Å²) >= 11 is 1.40. The molecule has 0 bridgehead atoms. The van der Waals surface area contributed by atoms with Crippen LogP contribution in [0.4, 0.5) is 0 Å². The molecule has 0 aliphatic heterocycles. The van der Waals surface area contributed by atoms with Gasteiger partial charge >= 0.3 is 35.4 Å². The number of ether oxygens (including phenoxy) is 2. The molecule has 4 unspecified atom stereocenters. The Hall–Kier alpha value is -0.830. The van der Waals surface area contributed by atoms with E-state index in [4.69, 9.17) is 18.5 Å². The predicted octanol–water partition coefficient (Wildman–Crippen LogP) is 7.05. The van der Waals surface area contributed by atoms with E-state index < -0.39 is 91.2 Å². The van der Waals surface area contributed by atoms with Crippen LogP contribution in [-0.2, 0) is 55.6 Å². The normalized spacial score (nSPS) is 21.9. The van der Waals surface area contributed by atoms with Crippen molar-refractivity contribution in [2.24, 2.45) is 0 Å². The van der Waals surface area contributed by atoms with Gasteiger partial charge in [-0.05, 0) is 25.7 Å². The Balaban J connectivity index is 2.75. The first-order valence-corrected chi connectivity index (χ1v) is 28.4. The van der Waals surface area contributed by atoms with Crippen molar-refractivity contribution < 1.29 is 95.4 Å². The number of carbonyl (C=O) groups is 3. The summed E-state index contributed by atoms with van der Waals surface area (Å²) in [6.45, 7) is 3.29. The van der Waals surface area contributed by atoms with Crippen LogP contribution in [0.5, 0.6) is 0 Å². The van der Waals surface area contributed by atoms with Gasteiger partial charge in [-0.3, -0.25) is 32.5 Å². The van der Waals surface area contributed by atoms with Gasteiger partial charge in [0.05, 0.1) is 19.6 Å². The highest BCUT2D eigenvalue weighted by atomic mass is 32.2. The van der Waals surface area contributed by atoms with Crippen molar-refractivity contribution in [2.75, 3.05) is 19.0 Å². The maximum atomic E-state index is 13.1. The third-order valence-electron chi connectivity index (χ3n) is 10.4. The first-order valence-electron chi connectivity index (χ1n) is 22.9. The molecule has 8 N–H and O–H groups in total. The van der Waals surface area contributed by atoms with Crippen molar-refractivity contribution in [3.05, 3.63) is 0 Å². The Labute approximate surface area is 382 Å². The molecule has 378 valence electrons. The van der Waals surface area contributed by atoms with Crippen molar-refractivity contribution in [2.45, 2.75) is 217 Å². The molecule has 64 heavy (non-hydrogen) atoms. The van der Waals surface area contributed by atoms with Crippen molar-refractivity contribution in [1.29, 1.82) is 0 Å². The Morgan fingerprint density at radius 1 is 0.531 bits per heavy atom. The van der Waals surface area contributed by atoms with Crippen LogP contribution in [0, 0.1) is 0 Å². The number of rotatable bonds is 39. The maximum absolute atomic E-state index is 13.1. The molecule has 1 saturated carbocycles. The van der Waals surface area contributed by atoms with Gasteiger partial charge in [-0.1, -0.05) is 141 Å². The largest absolute Gasteiger partial charge is 0.472 e. The van der Waals surface area contributed by atoms with E-state index in [1.54, 1.807) is 0 Å². The number of thioether (sulfide) groups is 1. The fourth-order valence-corrected chi connectivity index (χ4v) is 10.1. The molecule has 0 saturated heterocycles. The Kier molecular flexibility index (Phi) is 32.9. The van der Waals surface area contributed by atoms with Crippen LogP contribution in [0.25, 0.3) is 0 Å². The summed E-state index contributed by atoms with van der Waals surface area (Å²) in [7, 11) is -16.6. The lowest BCUT2D eigenvalue weighted by molar-refractivity contribution is -0.213. The van der Waals surface area contributed by atoms with Gasteiger partial charge in [-0.15, -0.1) is 0 Å². The number of unbranched alkanes of at least 4 members (excludes halogenated alkanes) is 19. The molecule has 0 amide bonds. The zero-order chi connectivity index (χ0) is 48.0. The first kappa shape index (κ1) is 61.2. The van der Waals surface area contributed by atoms with Gasteiger partial charge in [-0.25, -0.2) is 13.7 Å². The number of hydrogen-bond acceptors (Lipinski definition) is 16. The molecule has 20 nitrogen and oxygen atoms in total. The molecule has 0 aromatic carbocycles. The molecule has 1 rings (SSSR count). The second kappa shape index (κ2) is 34.5. The summed E-state index contributed by atoms with van der Waals surface area (Å²) in [5.41, 5.74) is 0. The summed E-state index contributed by atoms with van der Waals surface area (Å²) in [5.74, 6) is -0.691. The zero-order valence-electron chi connectivity index (χ0n) is 37.6. The Morgan fingerprint density at radius 2 is 0.984 bits per heavy atom. The average Bonchev–Trinajstić information content (AvgIpc) is 3.20. The van der Waals surface area contributed by atoms with E-state index >= 15 is 0 Å². The lowest BCUT2D eigenvalue weighted by Crippen LogP contribution is -2.65. The molecular formula is C40H77O20P3S. The van der Waals surface area contributed by atoms with E-state index in [1.165, 1.54) is 56.7 Å². The number of carbonyl (C=O) groups excluding carboxylic acids is 3. The van der Waals surface area contributed by atoms with Crippen LogP contribution < -0.4 is 0 Å². The van der Waals surface area contributed by atoms with E-state index in [0.29, 0.717) is 19.3 Å². The maximum Gasteiger partial charge on any atom is 0.472 e. The Morgan fingerprint density at radius 3 is 1.48 bits per heavy atom. The number of phosphoric acid groups is 3. The predicted molar refractivity (Wildman–Crippen MR) is 238 cm³/mol. The third-order valence-corrected chi connectivity index (χ3v) is 13.5. The first-order chi connectivity index (χ1) is 30.2. The molecule has 1 aliphatic carbocycles. The zero-order valence-corrected chi connectivity index (χ0v) is 41.1. The van der Waals surface area contributed by atoms with E-state index in [2.05, 4.69) is 16.0 Å². The summed E-state index contributed by atoms with van der Waals surface area (Å²) in [5, 5.41) is 32.1. The molecular weight excluding hydrogens is 925 g/mol. The fraction of sp³-hybridized carbons (Fsp3) is 0.925. The second-order valence-corrected chi connectivity index (χ2v) is 21.2. The fourth-order valence-electron chi connectivity index (χ4n) is 7.04. The Bertz CT molecular complexity index is 1430. The molecule has 0 aromatic rings. The van der Waals surface area contributed by atoms with Crippen LogP contribution in [0.1, 0.15) is 174 Å². The number of aliphatic hydroxyl groups excluding tert-OH is 3. The highest BCUT2D eigenvalue weighted by Crippen LogP contribution is 2.51. The van der Waals surface area contributed by atoms with Crippen molar-refractivity contribution >= 4 is 52.3 Å². The standard InChI is InChI=1S/C40H77O20P3S/c1-3-5-6-7-8-9-10-11-12-13-16-19-22-26-32(41)57-31(29-33(42)55-27-23-20-17-14-15-18-21-24-28-64-34(43)25-4-2)30-56-63(53,54)60-38-35(44)36(45)39(58-61(47,48)49)40(37(38)46)59-62(50,51)52/h31,35-40,44-46H,3-30H2,1-2H3,(H,53,54)(H2,47,48,49)(H2,50,51,52)/t31-,35+,36-,37?,38?,39?,40+/m1/s1. The van der Waals surface area contributed by atoms with Gasteiger partial charge in [0, 0.05) is 18.6 Å². The van der Waals surface area contributed by atoms with Gasteiger partial charge in [-0.2, -0.15) is 0 Å². The van der Waals surface area contributed by atoms with E-state index in [0.717, 1.165) is 89.2 Å². The molecule has 1 aliphatic rings. The van der Waals surface area contributed by atoms with Crippen LogP contribution in [0.2, 0.25) is 0 Å². The molecule has 0 spiro atoms. The average molecular weight is 1000 g/mol. The monoisotopic (exact) mass is 1000 g/mol. The molecule has 1 fully saturated rings. The van der Waals surface area contributed by atoms with Gasteiger partial charge in [0.1, 0.15) is 42.7 Å². The number of aliphatic hydroxyl groups is 3. The quantitative estimate of drug-likeness (QED) is 0.0174. The second-order valence-electron chi connectivity index (χ2n) is 16.3. The van der Waals surface area contributed by atoms with E-state index in [1.807, 2.05) is 6.92 Å². The molecule has 8 atom stereocenters.